The van der Waals surface area contributed by atoms with Gasteiger partial charge in [0.1, 0.15) is 11.6 Å². The molecular formula is C23H28FN2O3+. The van der Waals surface area contributed by atoms with Gasteiger partial charge in [-0.25, -0.2) is 4.39 Å². The van der Waals surface area contributed by atoms with E-state index in [9.17, 15) is 19.1 Å². The molecule has 6 heteroatoms. The van der Waals surface area contributed by atoms with Crippen molar-refractivity contribution in [3.63, 3.8) is 0 Å². The van der Waals surface area contributed by atoms with Crippen molar-refractivity contribution in [1.82, 2.24) is 5.32 Å². The quantitative estimate of drug-likeness (QED) is 0.625. The molecule has 3 N–H and O–H groups in total. The Labute approximate surface area is 170 Å². The molecule has 0 bridgehead atoms. The van der Waals surface area contributed by atoms with Gasteiger partial charge in [-0.2, -0.15) is 0 Å². The van der Waals surface area contributed by atoms with Crippen LogP contribution in [0.4, 0.5) is 4.39 Å². The highest BCUT2D eigenvalue weighted by Gasteiger charge is 2.40. The Morgan fingerprint density at radius 2 is 1.76 bits per heavy atom. The standard InChI is InChI=1S/C23H27FN2O3/c1-17(27)25-23(20-5-2-3-6-21(20)24)12-15-26(16-13-23)14-4-7-22(29)18-8-10-19(28)11-9-18/h2-3,5-6,8-11,28H,4,7,12-16H2,1H3,(H,25,27)/p+1. The second kappa shape index (κ2) is 9.18. The van der Waals surface area contributed by atoms with Gasteiger partial charge >= 0.3 is 0 Å². The van der Waals surface area contributed by atoms with Crippen LogP contribution in [0.15, 0.2) is 48.5 Å². The molecule has 1 saturated heterocycles. The molecule has 0 aliphatic carbocycles. The van der Waals surface area contributed by atoms with Crippen molar-refractivity contribution in [3.8, 4) is 5.75 Å². The maximum absolute atomic E-state index is 14.4. The lowest BCUT2D eigenvalue weighted by atomic mass is 9.80. The molecule has 2 aromatic rings. The molecule has 1 amide bonds. The van der Waals surface area contributed by atoms with Gasteiger partial charge in [0.25, 0.3) is 0 Å². The smallest absolute Gasteiger partial charge is 0.217 e. The number of quaternary nitrogens is 1. The second-order valence-corrected chi connectivity index (χ2v) is 7.82. The summed E-state index contributed by atoms with van der Waals surface area (Å²) in [5.74, 6) is -0.224. The molecule has 1 fully saturated rings. The number of carbonyl (C=O) groups is 2. The molecule has 154 valence electrons. The number of likely N-dealkylation sites (tertiary alicyclic amines) is 1. The number of hydrogen-bond acceptors (Lipinski definition) is 3. The zero-order valence-corrected chi connectivity index (χ0v) is 16.7. The Hall–Kier alpha value is -2.73. The highest BCUT2D eigenvalue weighted by molar-refractivity contribution is 5.96. The monoisotopic (exact) mass is 399 g/mol. The molecular weight excluding hydrogens is 371 g/mol. The van der Waals surface area contributed by atoms with Crippen molar-refractivity contribution in [1.29, 1.82) is 0 Å². The first-order chi connectivity index (χ1) is 13.9. The number of phenols is 1. The van der Waals surface area contributed by atoms with Crippen LogP contribution in [-0.4, -0.2) is 36.4 Å². The van der Waals surface area contributed by atoms with Crippen LogP contribution in [0, 0.1) is 5.82 Å². The first-order valence-corrected chi connectivity index (χ1v) is 10.1. The first-order valence-electron chi connectivity index (χ1n) is 10.1. The molecule has 2 aromatic carbocycles. The van der Waals surface area contributed by atoms with Crippen LogP contribution in [-0.2, 0) is 10.3 Å². The number of amides is 1. The zero-order valence-electron chi connectivity index (χ0n) is 16.7. The third-order valence-corrected chi connectivity index (χ3v) is 5.74. The Morgan fingerprint density at radius 1 is 1.10 bits per heavy atom. The second-order valence-electron chi connectivity index (χ2n) is 7.82. The van der Waals surface area contributed by atoms with Gasteiger partial charge < -0.3 is 15.3 Å². The van der Waals surface area contributed by atoms with Crippen molar-refractivity contribution in [2.75, 3.05) is 19.6 Å². The molecule has 0 aromatic heterocycles. The Bertz CT molecular complexity index is 859. The van der Waals surface area contributed by atoms with E-state index in [0.29, 0.717) is 30.4 Å². The summed E-state index contributed by atoms with van der Waals surface area (Å²) in [6.07, 6.45) is 2.55. The normalized spacial score (nSPS) is 21.5. The third-order valence-electron chi connectivity index (χ3n) is 5.74. The van der Waals surface area contributed by atoms with Crippen LogP contribution in [0.25, 0.3) is 0 Å². The summed E-state index contributed by atoms with van der Waals surface area (Å²) in [5.41, 5.74) is 0.500. The van der Waals surface area contributed by atoms with Crippen molar-refractivity contribution < 1.29 is 24.0 Å². The van der Waals surface area contributed by atoms with E-state index in [4.69, 9.17) is 0 Å². The summed E-state index contributed by atoms with van der Waals surface area (Å²) in [4.78, 5) is 25.4. The van der Waals surface area contributed by atoms with Crippen LogP contribution in [0.2, 0.25) is 0 Å². The third kappa shape index (κ3) is 5.21. The number of aromatic hydroxyl groups is 1. The minimum atomic E-state index is -0.664. The van der Waals surface area contributed by atoms with E-state index in [0.717, 1.165) is 26.1 Å². The van der Waals surface area contributed by atoms with Gasteiger partial charge in [-0.05, 0) is 30.3 Å². The number of phenolic OH excluding ortho intramolecular Hbond substituents is 1. The van der Waals surface area contributed by atoms with Gasteiger partial charge in [-0.1, -0.05) is 18.2 Å². The number of nitrogens with one attached hydrogen (secondary N) is 2. The van der Waals surface area contributed by atoms with Crippen molar-refractivity contribution >= 4 is 11.7 Å². The van der Waals surface area contributed by atoms with Crippen LogP contribution < -0.4 is 10.2 Å². The Morgan fingerprint density at radius 3 is 2.38 bits per heavy atom. The van der Waals surface area contributed by atoms with Gasteiger partial charge in [0.2, 0.25) is 5.91 Å². The van der Waals surface area contributed by atoms with E-state index in [1.54, 1.807) is 30.3 Å². The van der Waals surface area contributed by atoms with E-state index in [2.05, 4.69) is 5.32 Å². The van der Waals surface area contributed by atoms with E-state index in [1.807, 2.05) is 0 Å². The van der Waals surface area contributed by atoms with Crippen molar-refractivity contribution in [2.24, 2.45) is 0 Å². The molecule has 0 unspecified atom stereocenters. The lowest BCUT2D eigenvalue weighted by molar-refractivity contribution is -0.906. The summed E-state index contributed by atoms with van der Waals surface area (Å²) in [5, 5.41) is 12.3. The highest BCUT2D eigenvalue weighted by atomic mass is 19.1. The van der Waals surface area contributed by atoms with Crippen molar-refractivity contribution in [3.05, 3.63) is 65.5 Å². The number of halogens is 1. The number of hydrogen-bond donors (Lipinski definition) is 3. The molecule has 1 heterocycles. The number of carbonyl (C=O) groups excluding carboxylic acids is 2. The molecule has 0 atom stereocenters. The molecule has 0 spiro atoms. The van der Waals surface area contributed by atoms with Crippen LogP contribution in [0.5, 0.6) is 5.75 Å². The fourth-order valence-corrected chi connectivity index (χ4v) is 4.22. The van der Waals surface area contributed by atoms with E-state index >= 15 is 0 Å². The van der Waals surface area contributed by atoms with Gasteiger partial charge in [-0.15, -0.1) is 0 Å². The lowest BCUT2D eigenvalue weighted by Gasteiger charge is -2.40. The molecule has 5 nitrogen and oxygen atoms in total. The average molecular weight is 399 g/mol. The number of benzene rings is 2. The zero-order chi connectivity index (χ0) is 20.9. The fraction of sp³-hybridized carbons (Fsp3) is 0.391. The summed E-state index contributed by atoms with van der Waals surface area (Å²) < 4.78 is 14.4. The first kappa shape index (κ1) is 21.0. The summed E-state index contributed by atoms with van der Waals surface area (Å²) in [7, 11) is 0. The van der Waals surface area contributed by atoms with E-state index in [-0.39, 0.29) is 23.3 Å². The maximum atomic E-state index is 14.4. The predicted octanol–water partition coefficient (Wildman–Crippen LogP) is 2.20. The Balaban J connectivity index is 1.55. The molecule has 0 saturated carbocycles. The van der Waals surface area contributed by atoms with Gasteiger partial charge in [0, 0.05) is 43.7 Å². The van der Waals surface area contributed by atoms with Crippen LogP contribution in [0.1, 0.15) is 48.5 Å². The van der Waals surface area contributed by atoms with Crippen LogP contribution in [0.3, 0.4) is 0 Å². The maximum Gasteiger partial charge on any atom is 0.217 e. The molecule has 1 aliphatic rings. The topological polar surface area (TPSA) is 70.8 Å². The van der Waals surface area contributed by atoms with Gasteiger partial charge in [-0.3, -0.25) is 9.59 Å². The number of ketones is 1. The SMILES string of the molecule is CC(=O)NC1(c2ccccc2F)CC[NH+](CCCC(=O)c2ccc(O)cc2)CC1. The fourth-order valence-electron chi connectivity index (χ4n) is 4.22. The summed E-state index contributed by atoms with van der Waals surface area (Å²) in [6, 6.07) is 13.0. The van der Waals surface area contributed by atoms with Crippen molar-refractivity contribution in [2.45, 2.75) is 38.1 Å². The summed E-state index contributed by atoms with van der Waals surface area (Å²) in [6.45, 7) is 3.94. The molecule has 29 heavy (non-hydrogen) atoms. The molecule has 3 rings (SSSR count). The molecule has 1 aliphatic heterocycles. The largest absolute Gasteiger partial charge is 0.508 e. The summed E-state index contributed by atoms with van der Waals surface area (Å²) >= 11 is 0. The van der Waals surface area contributed by atoms with E-state index < -0.39 is 5.54 Å². The minimum absolute atomic E-state index is 0.0698. The van der Waals surface area contributed by atoms with E-state index in [1.165, 1.54) is 30.0 Å². The average Bonchev–Trinajstić information content (AvgIpc) is 2.70. The highest BCUT2D eigenvalue weighted by Crippen LogP contribution is 2.31. The number of piperidine rings is 1. The Kier molecular flexibility index (Phi) is 6.64. The van der Waals surface area contributed by atoms with Gasteiger partial charge in [0.15, 0.2) is 5.78 Å². The number of rotatable bonds is 7. The lowest BCUT2D eigenvalue weighted by Crippen LogP contribution is -3.13. The predicted molar refractivity (Wildman–Crippen MR) is 108 cm³/mol. The number of Topliss-reactive ketones (excluding diaryl/α,β-unsaturated/α-hetero) is 1. The minimum Gasteiger partial charge on any atom is -0.508 e. The van der Waals surface area contributed by atoms with Gasteiger partial charge in [0.05, 0.1) is 25.2 Å². The van der Waals surface area contributed by atoms with Crippen LogP contribution >= 0.6 is 0 Å². The molecule has 0 radical (unpaired) electrons.